The Labute approximate surface area is 185 Å². The first-order chi connectivity index (χ1) is 14.7. The van der Waals surface area contributed by atoms with Gasteiger partial charge in [0.15, 0.2) is 0 Å². The second-order valence-corrected chi connectivity index (χ2v) is 8.03. The Morgan fingerprint density at radius 3 is 2.81 bits per heavy atom. The molecule has 2 N–H and O–H groups in total. The molecule has 5 rings (SSSR count). The lowest BCUT2D eigenvalue weighted by molar-refractivity contribution is 0.0751. The van der Waals surface area contributed by atoms with E-state index < -0.39 is 0 Å². The number of fused-ring (bicyclic) bond motifs is 1. The van der Waals surface area contributed by atoms with Gasteiger partial charge in [0.1, 0.15) is 29.1 Å². The topological polar surface area (TPSA) is 83.1 Å². The van der Waals surface area contributed by atoms with Gasteiger partial charge in [-0.3, -0.25) is 10.2 Å². The molecule has 3 aromatic rings. The smallest absolute Gasteiger partial charge is 0.269 e. The fourth-order valence-corrected chi connectivity index (χ4v) is 3.83. The van der Waals surface area contributed by atoms with Crippen molar-refractivity contribution in [1.29, 1.82) is 0 Å². The molecule has 2 aliphatic rings. The maximum Gasteiger partial charge on any atom is 0.269 e. The highest BCUT2D eigenvalue weighted by molar-refractivity contribution is 6.07. The standard InChI is InChI=1S/C22H24FN5O2.ClH/c23-15-6-7-16(18(10-15)30-12-14-4-5-14)19-21-20(26-13-25-19)17(11-24-21)22(29)27-28-8-2-1-3-9-28;/h6-7,10-11,13-14,24H,1-5,8-9,12H2,(H,27,29);1H. The van der Waals surface area contributed by atoms with Gasteiger partial charge in [-0.05, 0) is 43.7 Å². The molecule has 164 valence electrons. The zero-order valence-corrected chi connectivity index (χ0v) is 17.9. The van der Waals surface area contributed by atoms with E-state index in [9.17, 15) is 9.18 Å². The number of hydrogen-bond donors (Lipinski definition) is 2. The molecule has 1 aromatic carbocycles. The van der Waals surface area contributed by atoms with Crippen LogP contribution in [-0.4, -0.2) is 45.6 Å². The number of rotatable bonds is 6. The SMILES string of the molecule is Cl.O=C(NN1CCCCC1)c1c[nH]c2c(-c3ccc(F)cc3OCC3CC3)ncnc12. The molecule has 0 spiro atoms. The number of amides is 1. The summed E-state index contributed by atoms with van der Waals surface area (Å²) in [6.07, 6.45) is 8.72. The number of piperidine rings is 1. The number of H-pyrrole nitrogens is 1. The van der Waals surface area contributed by atoms with Crippen LogP contribution in [0, 0.1) is 11.7 Å². The highest BCUT2D eigenvalue weighted by Gasteiger charge is 2.24. The first-order valence-electron chi connectivity index (χ1n) is 10.5. The van der Waals surface area contributed by atoms with E-state index in [0.717, 1.165) is 38.8 Å². The van der Waals surface area contributed by atoms with Crippen LogP contribution in [0.3, 0.4) is 0 Å². The number of hydrogen-bond acceptors (Lipinski definition) is 5. The molecule has 1 saturated heterocycles. The van der Waals surface area contributed by atoms with E-state index in [1.54, 1.807) is 12.3 Å². The first kappa shape index (κ1) is 21.5. The summed E-state index contributed by atoms with van der Waals surface area (Å²) in [5, 5.41) is 1.95. The number of benzene rings is 1. The van der Waals surface area contributed by atoms with Crippen molar-refractivity contribution >= 4 is 29.3 Å². The minimum atomic E-state index is -0.358. The summed E-state index contributed by atoms with van der Waals surface area (Å²) in [6.45, 7) is 2.27. The summed E-state index contributed by atoms with van der Waals surface area (Å²) in [7, 11) is 0. The lowest BCUT2D eigenvalue weighted by Gasteiger charge is -2.26. The van der Waals surface area contributed by atoms with E-state index in [4.69, 9.17) is 4.74 Å². The molecule has 0 unspecified atom stereocenters. The van der Waals surface area contributed by atoms with Crippen LogP contribution >= 0.6 is 12.4 Å². The molecule has 0 bridgehead atoms. The Balaban J connectivity index is 0.00000231. The van der Waals surface area contributed by atoms with Crippen LogP contribution in [0.15, 0.2) is 30.7 Å². The number of hydrazine groups is 1. The Morgan fingerprint density at radius 2 is 2.03 bits per heavy atom. The molecule has 2 fully saturated rings. The van der Waals surface area contributed by atoms with Crippen LogP contribution in [0.25, 0.3) is 22.3 Å². The van der Waals surface area contributed by atoms with Crippen molar-refractivity contribution in [3.05, 3.63) is 42.1 Å². The maximum atomic E-state index is 13.9. The van der Waals surface area contributed by atoms with Gasteiger partial charge in [0.25, 0.3) is 5.91 Å². The van der Waals surface area contributed by atoms with Gasteiger partial charge in [-0.15, -0.1) is 12.4 Å². The average molecular weight is 446 g/mol. The molecule has 9 heteroatoms. The number of halogens is 2. The second kappa shape index (κ2) is 9.20. The molecule has 2 aromatic heterocycles. The zero-order chi connectivity index (χ0) is 20.5. The molecule has 0 radical (unpaired) electrons. The van der Waals surface area contributed by atoms with E-state index in [2.05, 4.69) is 20.4 Å². The number of aromatic nitrogens is 3. The summed E-state index contributed by atoms with van der Waals surface area (Å²) < 4.78 is 19.8. The van der Waals surface area contributed by atoms with Gasteiger partial charge in [-0.1, -0.05) is 6.42 Å². The quantitative estimate of drug-likeness (QED) is 0.596. The highest BCUT2D eigenvalue weighted by Crippen LogP contribution is 2.36. The molecule has 1 aliphatic heterocycles. The molecule has 1 saturated carbocycles. The summed E-state index contributed by atoms with van der Waals surface area (Å²) >= 11 is 0. The van der Waals surface area contributed by atoms with Crippen molar-refractivity contribution in [2.45, 2.75) is 32.1 Å². The number of ether oxygens (including phenoxy) is 1. The zero-order valence-electron chi connectivity index (χ0n) is 17.1. The molecule has 0 atom stereocenters. The molecule has 1 aliphatic carbocycles. The van der Waals surface area contributed by atoms with E-state index in [1.807, 2.05) is 5.01 Å². The van der Waals surface area contributed by atoms with Crippen LogP contribution in [0.2, 0.25) is 0 Å². The average Bonchev–Trinajstić information content (AvgIpc) is 3.49. The van der Waals surface area contributed by atoms with Crippen LogP contribution in [-0.2, 0) is 0 Å². The normalized spacial score (nSPS) is 16.7. The largest absolute Gasteiger partial charge is 0.492 e. The van der Waals surface area contributed by atoms with Crippen molar-refractivity contribution in [3.63, 3.8) is 0 Å². The van der Waals surface area contributed by atoms with Crippen LogP contribution in [0.4, 0.5) is 4.39 Å². The van der Waals surface area contributed by atoms with Crippen molar-refractivity contribution in [2.75, 3.05) is 19.7 Å². The van der Waals surface area contributed by atoms with Crippen LogP contribution in [0.5, 0.6) is 5.75 Å². The van der Waals surface area contributed by atoms with E-state index in [1.165, 1.54) is 24.9 Å². The third-order valence-corrected chi connectivity index (χ3v) is 5.69. The van der Waals surface area contributed by atoms with E-state index >= 15 is 0 Å². The lowest BCUT2D eigenvalue weighted by Crippen LogP contribution is -2.45. The van der Waals surface area contributed by atoms with Gasteiger partial charge in [-0.2, -0.15) is 0 Å². The number of carbonyl (C=O) groups is 1. The third kappa shape index (κ3) is 4.65. The van der Waals surface area contributed by atoms with Crippen LogP contribution < -0.4 is 10.2 Å². The molecule has 7 nitrogen and oxygen atoms in total. The Hall–Kier alpha value is -2.71. The van der Waals surface area contributed by atoms with E-state index in [0.29, 0.717) is 46.1 Å². The fourth-order valence-electron chi connectivity index (χ4n) is 3.83. The summed E-state index contributed by atoms with van der Waals surface area (Å²) in [6, 6.07) is 4.44. The molecular weight excluding hydrogens is 421 g/mol. The summed E-state index contributed by atoms with van der Waals surface area (Å²) in [4.78, 5) is 24.7. The number of nitrogens with zero attached hydrogens (tertiary/aromatic N) is 3. The lowest BCUT2D eigenvalue weighted by atomic mass is 10.1. The predicted octanol–water partition coefficient (Wildman–Crippen LogP) is 4.11. The first-order valence-corrected chi connectivity index (χ1v) is 10.5. The van der Waals surface area contributed by atoms with Gasteiger partial charge in [0, 0.05) is 30.9 Å². The molecule has 3 heterocycles. The van der Waals surface area contributed by atoms with Gasteiger partial charge in [0.05, 0.1) is 17.7 Å². The number of nitrogens with one attached hydrogen (secondary N) is 2. The van der Waals surface area contributed by atoms with Crippen molar-refractivity contribution in [3.8, 4) is 17.0 Å². The summed E-state index contributed by atoms with van der Waals surface area (Å²) in [5.74, 6) is 0.443. The predicted molar refractivity (Wildman–Crippen MR) is 118 cm³/mol. The Kier molecular flexibility index (Phi) is 6.38. The highest BCUT2D eigenvalue weighted by atomic mass is 35.5. The van der Waals surface area contributed by atoms with Crippen molar-refractivity contribution in [1.82, 2.24) is 25.4 Å². The summed E-state index contributed by atoms with van der Waals surface area (Å²) in [5.41, 5.74) is 5.86. The third-order valence-electron chi connectivity index (χ3n) is 5.69. The van der Waals surface area contributed by atoms with Crippen molar-refractivity contribution in [2.24, 2.45) is 5.92 Å². The second-order valence-electron chi connectivity index (χ2n) is 8.03. The monoisotopic (exact) mass is 445 g/mol. The Bertz CT molecular complexity index is 1080. The molecular formula is C22H25ClFN5O2. The minimum absolute atomic E-state index is 0. The molecule has 1 amide bonds. The van der Waals surface area contributed by atoms with Crippen LogP contribution in [0.1, 0.15) is 42.5 Å². The van der Waals surface area contributed by atoms with Crippen molar-refractivity contribution < 1.29 is 13.9 Å². The van der Waals surface area contributed by atoms with Gasteiger partial charge in [0.2, 0.25) is 0 Å². The number of carbonyl (C=O) groups excluding carboxylic acids is 1. The Morgan fingerprint density at radius 1 is 1.23 bits per heavy atom. The fraction of sp³-hybridized carbons (Fsp3) is 0.409. The van der Waals surface area contributed by atoms with E-state index in [-0.39, 0.29) is 24.1 Å². The maximum absolute atomic E-state index is 13.9. The van der Waals surface area contributed by atoms with Gasteiger partial charge >= 0.3 is 0 Å². The minimum Gasteiger partial charge on any atom is -0.492 e. The number of aromatic amines is 1. The van der Waals surface area contributed by atoms with Gasteiger partial charge in [-0.25, -0.2) is 19.4 Å². The van der Waals surface area contributed by atoms with Gasteiger partial charge < -0.3 is 9.72 Å². The molecule has 31 heavy (non-hydrogen) atoms.